The highest BCUT2D eigenvalue weighted by molar-refractivity contribution is 4.79. The second-order valence-electron chi connectivity index (χ2n) is 6.84. The minimum atomic E-state index is 0.428. The van der Waals surface area contributed by atoms with Crippen molar-refractivity contribution in [3.63, 3.8) is 0 Å². The first kappa shape index (κ1) is 15.0. The van der Waals surface area contributed by atoms with E-state index in [4.69, 9.17) is 5.73 Å². The lowest BCUT2D eigenvalue weighted by Crippen LogP contribution is -2.34. The van der Waals surface area contributed by atoms with Gasteiger partial charge in [-0.05, 0) is 70.4 Å². The van der Waals surface area contributed by atoms with Gasteiger partial charge in [0.25, 0.3) is 0 Å². The predicted octanol–water partition coefficient (Wildman–Crippen LogP) is 3.26. The van der Waals surface area contributed by atoms with Crippen molar-refractivity contribution in [2.75, 3.05) is 19.6 Å². The molecule has 0 aromatic carbocycles. The second-order valence-corrected chi connectivity index (χ2v) is 6.84. The standard InChI is InChI=1S/C15H32N2/c1-13(2)17(12-14-6-7-14)11-5-8-15(3,4)9-10-16/h13-14H,5-12,16H2,1-4H3. The lowest BCUT2D eigenvalue weighted by atomic mass is 9.84. The van der Waals surface area contributed by atoms with Gasteiger partial charge >= 0.3 is 0 Å². The van der Waals surface area contributed by atoms with Crippen LogP contribution >= 0.6 is 0 Å². The van der Waals surface area contributed by atoms with Gasteiger partial charge in [0, 0.05) is 12.6 Å². The fraction of sp³-hybridized carbons (Fsp3) is 1.00. The van der Waals surface area contributed by atoms with Crippen LogP contribution in [0, 0.1) is 11.3 Å². The van der Waals surface area contributed by atoms with Crippen LogP contribution in [-0.2, 0) is 0 Å². The molecule has 1 saturated carbocycles. The third-order valence-corrected chi connectivity index (χ3v) is 4.04. The zero-order valence-electron chi connectivity index (χ0n) is 12.3. The van der Waals surface area contributed by atoms with E-state index >= 15 is 0 Å². The van der Waals surface area contributed by atoms with Crippen LogP contribution in [0.15, 0.2) is 0 Å². The van der Waals surface area contributed by atoms with Crippen LogP contribution in [0.3, 0.4) is 0 Å². The average molecular weight is 240 g/mol. The van der Waals surface area contributed by atoms with Gasteiger partial charge in [0.1, 0.15) is 0 Å². The first-order valence-electron chi connectivity index (χ1n) is 7.39. The van der Waals surface area contributed by atoms with Crippen LogP contribution in [0.25, 0.3) is 0 Å². The normalized spacial score (nSPS) is 17.1. The number of nitrogens with zero attached hydrogens (tertiary/aromatic N) is 1. The van der Waals surface area contributed by atoms with E-state index in [1.807, 2.05) is 0 Å². The number of rotatable bonds is 9. The maximum absolute atomic E-state index is 5.66. The maximum Gasteiger partial charge on any atom is 0.00387 e. The highest BCUT2D eigenvalue weighted by Gasteiger charge is 2.25. The molecule has 1 rings (SSSR count). The molecule has 0 heterocycles. The molecule has 1 aliphatic rings. The molecule has 0 amide bonds. The third kappa shape index (κ3) is 6.42. The lowest BCUT2D eigenvalue weighted by molar-refractivity contribution is 0.192. The minimum Gasteiger partial charge on any atom is -0.330 e. The summed E-state index contributed by atoms with van der Waals surface area (Å²) in [4.78, 5) is 2.66. The van der Waals surface area contributed by atoms with Crippen molar-refractivity contribution < 1.29 is 0 Å². The average Bonchev–Trinajstić information content (AvgIpc) is 2.99. The smallest absolute Gasteiger partial charge is 0.00387 e. The molecule has 2 nitrogen and oxygen atoms in total. The Morgan fingerprint density at radius 2 is 1.88 bits per heavy atom. The van der Waals surface area contributed by atoms with Crippen LogP contribution in [0.4, 0.5) is 0 Å². The summed E-state index contributed by atoms with van der Waals surface area (Å²) in [5, 5.41) is 0. The highest BCUT2D eigenvalue weighted by Crippen LogP contribution is 2.31. The van der Waals surface area contributed by atoms with Gasteiger partial charge in [-0.15, -0.1) is 0 Å². The summed E-state index contributed by atoms with van der Waals surface area (Å²) >= 11 is 0. The number of hydrogen-bond donors (Lipinski definition) is 1. The topological polar surface area (TPSA) is 29.3 Å². The Kier molecular flexibility index (Phi) is 5.94. The monoisotopic (exact) mass is 240 g/mol. The Morgan fingerprint density at radius 1 is 1.24 bits per heavy atom. The van der Waals surface area contributed by atoms with Gasteiger partial charge in [0.05, 0.1) is 0 Å². The molecule has 2 heteroatoms. The molecule has 2 N–H and O–H groups in total. The van der Waals surface area contributed by atoms with Crippen molar-refractivity contribution in [2.45, 2.75) is 65.8 Å². The fourth-order valence-corrected chi connectivity index (χ4v) is 2.47. The summed E-state index contributed by atoms with van der Waals surface area (Å²) in [6.07, 6.45) is 6.69. The van der Waals surface area contributed by atoms with Crippen LogP contribution in [0.2, 0.25) is 0 Å². The Morgan fingerprint density at radius 3 is 2.35 bits per heavy atom. The molecular weight excluding hydrogens is 208 g/mol. The molecule has 0 radical (unpaired) electrons. The van der Waals surface area contributed by atoms with E-state index in [1.54, 1.807) is 0 Å². The summed E-state index contributed by atoms with van der Waals surface area (Å²) in [7, 11) is 0. The quantitative estimate of drug-likeness (QED) is 0.670. The fourth-order valence-electron chi connectivity index (χ4n) is 2.47. The van der Waals surface area contributed by atoms with Crippen molar-refractivity contribution in [2.24, 2.45) is 17.1 Å². The molecule has 0 atom stereocenters. The minimum absolute atomic E-state index is 0.428. The Hall–Kier alpha value is -0.0800. The molecule has 1 aliphatic carbocycles. The summed E-state index contributed by atoms with van der Waals surface area (Å²) in [5.41, 5.74) is 6.09. The van der Waals surface area contributed by atoms with Crippen molar-refractivity contribution in [3.05, 3.63) is 0 Å². The summed E-state index contributed by atoms with van der Waals surface area (Å²) in [6, 6.07) is 0.702. The molecular formula is C15H32N2. The van der Waals surface area contributed by atoms with Crippen LogP contribution in [0.1, 0.15) is 59.8 Å². The molecule has 17 heavy (non-hydrogen) atoms. The number of hydrogen-bond acceptors (Lipinski definition) is 2. The maximum atomic E-state index is 5.66. The molecule has 0 aromatic rings. The molecule has 0 saturated heterocycles. The molecule has 0 aliphatic heterocycles. The highest BCUT2D eigenvalue weighted by atomic mass is 15.1. The second kappa shape index (κ2) is 6.75. The molecule has 1 fully saturated rings. The number of nitrogens with two attached hydrogens (primary N) is 1. The first-order valence-corrected chi connectivity index (χ1v) is 7.39. The van der Waals surface area contributed by atoms with Gasteiger partial charge in [0.15, 0.2) is 0 Å². The van der Waals surface area contributed by atoms with Crippen LogP contribution in [-0.4, -0.2) is 30.6 Å². The Labute approximate surface area is 108 Å². The van der Waals surface area contributed by atoms with Gasteiger partial charge < -0.3 is 10.6 Å². The van der Waals surface area contributed by atoms with E-state index < -0.39 is 0 Å². The molecule has 0 unspecified atom stereocenters. The Balaban J connectivity index is 2.21. The molecule has 102 valence electrons. The third-order valence-electron chi connectivity index (χ3n) is 4.04. The lowest BCUT2D eigenvalue weighted by Gasteiger charge is -2.29. The van der Waals surface area contributed by atoms with Gasteiger partial charge in [-0.25, -0.2) is 0 Å². The molecule has 0 aromatic heterocycles. The summed E-state index contributed by atoms with van der Waals surface area (Å²) in [5.74, 6) is 1.01. The largest absolute Gasteiger partial charge is 0.330 e. The van der Waals surface area contributed by atoms with E-state index in [-0.39, 0.29) is 0 Å². The van der Waals surface area contributed by atoms with Crippen LogP contribution in [0.5, 0.6) is 0 Å². The SMILES string of the molecule is CC(C)N(CCCC(C)(C)CCN)CC1CC1. The van der Waals surface area contributed by atoms with Crippen LogP contribution < -0.4 is 5.73 Å². The van der Waals surface area contributed by atoms with Crippen molar-refractivity contribution in [1.82, 2.24) is 4.90 Å². The summed E-state index contributed by atoms with van der Waals surface area (Å²) < 4.78 is 0. The van der Waals surface area contributed by atoms with Gasteiger partial charge in [-0.2, -0.15) is 0 Å². The van der Waals surface area contributed by atoms with Gasteiger partial charge in [0.2, 0.25) is 0 Å². The zero-order valence-corrected chi connectivity index (χ0v) is 12.3. The van der Waals surface area contributed by atoms with Gasteiger partial charge in [-0.1, -0.05) is 13.8 Å². The Bertz CT molecular complexity index is 207. The van der Waals surface area contributed by atoms with Crippen molar-refractivity contribution >= 4 is 0 Å². The zero-order chi connectivity index (χ0) is 12.9. The van der Waals surface area contributed by atoms with E-state index in [0.717, 1.165) is 18.9 Å². The molecule has 0 bridgehead atoms. The van der Waals surface area contributed by atoms with E-state index in [1.165, 1.54) is 38.8 Å². The predicted molar refractivity (Wildman–Crippen MR) is 76.1 cm³/mol. The first-order chi connectivity index (χ1) is 7.94. The van der Waals surface area contributed by atoms with Crippen molar-refractivity contribution in [3.8, 4) is 0 Å². The van der Waals surface area contributed by atoms with Crippen molar-refractivity contribution in [1.29, 1.82) is 0 Å². The summed E-state index contributed by atoms with van der Waals surface area (Å²) in [6.45, 7) is 12.8. The van der Waals surface area contributed by atoms with E-state index in [0.29, 0.717) is 11.5 Å². The molecule has 0 spiro atoms. The van der Waals surface area contributed by atoms with E-state index in [9.17, 15) is 0 Å². The van der Waals surface area contributed by atoms with Gasteiger partial charge in [-0.3, -0.25) is 0 Å². The van der Waals surface area contributed by atoms with E-state index in [2.05, 4.69) is 32.6 Å².